The summed E-state index contributed by atoms with van der Waals surface area (Å²) in [5.41, 5.74) is 6.93. The van der Waals surface area contributed by atoms with Gasteiger partial charge in [0, 0.05) is 12.0 Å². The Kier molecular flexibility index (Phi) is 5.32. The van der Waals surface area contributed by atoms with E-state index in [1.54, 1.807) is 4.68 Å². The number of aliphatic hydroxyl groups excluding tert-OH is 1. The van der Waals surface area contributed by atoms with Crippen LogP contribution in [0.25, 0.3) is 0 Å². The minimum Gasteiger partial charge on any atom is -0.394 e. The maximum absolute atomic E-state index is 8.88. The Morgan fingerprint density at radius 1 is 1.38 bits per heavy atom. The van der Waals surface area contributed by atoms with Gasteiger partial charge in [-0.2, -0.15) is 5.10 Å². The summed E-state index contributed by atoms with van der Waals surface area (Å²) >= 11 is 0. The van der Waals surface area contributed by atoms with Gasteiger partial charge in [-0.05, 0) is 12.8 Å². The number of hydrogen-bond donors (Lipinski definition) is 2. The molecule has 0 atom stereocenters. The third-order valence-electron chi connectivity index (χ3n) is 2.83. The molecule has 92 valence electrons. The molecule has 0 aromatic carbocycles. The zero-order valence-electron chi connectivity index (χ0n) is 10.3. The Balaban J connectivity index is 2.79. The summed E-state index contributed by atoms with van der Waals surface area (Å²) in [7, 11) is 0. The minimum absolute atomic E-state index is 0.0809. The van der Waals surface area contributed by atoms with Crippen LogP contribution in [0.1, 0.15) is 51.1 Å². The van der Waals surface area contributed by atoms with Crippen LogP contribution >= 0.6 is 0 Å². The Bertz CT molecular complexity index is 303. The fourth-order valence-electron chi connectivity index (χ4n) is 2.06. The van der Waals surface area contributed by atoms with Crippen molar-refractivity contribution in [2.45, 2.75) is 52.0 Å². The fourth-order valence-corrected chi connectivity index (χ4v) is 2.06. The van der Waals surface area contributed by atoms with E-state index in [-0.39, 0.29) is 6.61 Å². The molecule has 0 aliphatic carbocycles. The molecule has 16 heavy (non-hydrogen) atoms. The molecule has 1 aromatic rings. The van der Waals surface area contributed by atoms with Gasteiger partial charge in [0.15, 0.2) is 0 Å². The molecular weight excluding hydrogens is 202 g/mol. The highest BCUT2D eigenvalue weighted by Gasteiger charge is 2.14. The average molecular weight is 225 g/mol. The topological polar surface area (TPSA) is 64.1 Å². The lowest BCUT2D eigenvalue weighted by molar-refractivity contribution is 0.270. The highest BCUT2D eigenvalue weighted by Crippen LogP contribution is 2.26. The summed E-state index contributed by atoms with van der Waals surface area (Å²) in [6.07, 6.45) is 4.64. The van der Waals surface area contributed by atoms with Gasteiger partial charge >= 0.3 is 0 Å². The van der Waals surface area contributed by atoms with E-state index in [0.717, 1.165) is 31.4 Å². The first kappa shape index (κ1) is 13.0. The van der Waals surface area contributed by atoms with Crippen LogP contribution in [0.2, 0.25) is 0 Å². The molecule has 4 nitrogen and oxygen atoms in total. The number of hydrogen-bond acceptors (Lipinski definition) is 3. The number of nitrogens with zero attached hydrogens (tertiary/aromatic N) is 2. The number of nitrogens with two attached hydrogens (primary N) is 1. The Hall–Kier alpha value is -1.03. The van der Waals surface area contributed by atoms with Gasteiger partial charge in [0.2, 0.25) is 0 Å². The molecule has 0 aliphatic heterocycles. The predicted octanol–water partition coefficient (Wildman–Crippen LogP) is 2.14. The maximum atomic E-state index is 8.88. The quantitative estimate of drug-likeness (QED) is 0.747. The van der Waals surface area contributed by atoms with E-state index in [0.29, 0.717) is 18.3 Å². The molecule has 0 saturated carbocycles. The molecule has 0 aliphatic rings. The van der Waals surface area contributed by atoms with Crippen molar-refractivity contribution in [3.63, 3.8) is 0 Å². The third kappa shape index (κ3) is 3.23. The van der Waals surface area contributed by atoms with Crippen molar-refractivity contribution in [3.8, 4) is 0 Å². The molecule has 0 spiro atoms. The predicted molar refractivity (Wildman–Crippen MR) is 66.3 cm³/mol. The molecule has 4 heteroatoms. The van der Waals surface area contributed by atoms with Gasteiger partial charge in [0.05, 0.1) is 18.8 Å². The van der Waals surface area contributed by atoms with E-state index < -0.39 is 0 Å². The number of aromatic nitrogens is 2. The molecule has 1 heterocycles. The summed E-state index contributed by atoms with van der Waals surface area (Å²) < 4.78 is 1.69. The molecule has 0 saturated heterocycles. The van der Waals surface area contributed by atoms with Crippen LogP contribution in [0.3, 0.4) is 0 Å². The molecule has 0 radical (unpaired) electrons. The Morgan fingerprint density at radius 3 is 2.50 bits per heavy atom. The molecule has 1 rings (SSSR count). The molecule has 1 aromatic heterocycles. The molecule has 0 bridgehead atoms. The van der Waals surface area contributed by atoms with Crippen molar-refractivity contribution < 1.29 is 5.11 Å². The maximum Gasteiger partial charge on any atom is 0.122 e. The van der Waals surface area contributed by atoms with Crippen molar-refractivity contribution >= 4 is 5.82 Å². The van der Waals surface area contributed by atoms with Gasteiger partial charge < -0.3 is 10.8 Å². The van der Waals surface area contributed by atoms with Crippen LogP contribution in [0, 0.1) is 0 Å². The second kappa shape index (κ2) is 6.53. The summed E-state index contributed by atoms with van der Waals surface area (Å²) in [4.78, 5) is 0. The summed E-state index contributed by atoms with van der Waals surface area (Å²) in [5.74, 6) is 1.17. The van der Waals surface area contributed by atoms with E-state index in [2.05, 4.69) is 18.9 Å². The SMILES string of the molecule is CCCC(CCC)c1cc(N)n(CCO)n1. The minimum atomic E-state index is 0.0809. The lowest BCUT2D eigenvalue weighted by atomic mass is 9.95. The second-order valence-corrected chi connectivity index (χ2v) is 4.22. The molecule has 0 amide bonds. The Morgan fingerprint density at radius 2 is 2.00 bits per heavy atom. The lowest BCUT2D eigenvalue weighted by Gasteiger charge is -2.11. The summed E-state index contributed by atoms with van der Waals surface area (Å²) in [6, 6.07) is 1.95. The first-order chi connectivity index (χ1) is 7.72. The normalized spacial score (nSPS) is 11.2. The fraction of sp³-hybridized carbons (Fsp3) is 0.750. The van der Waals surface area contributed by atoms with Crippen LogP contribution in [0.15, 0.2) is 6.07 Å². The zero-order valence-corrected chi connectivity index (χ0v) is 10.3. The highest BCUT2D eigenvalue weighted by molar-refractivity contribution is 5.32. The molecule has 0 unspecified atom stereocenters. The number of nitrogen functional groups attached to an aromatic ring is 1. The van der Waals surface area contributed by atoms with E-state index in [9.17, 15) is 0 Å². The zero-order chi connectivity index (χ0) is 12.0. The standard InChI is InChI=1S/C12H23N3O/c1-3-5-10(6-4-2)11-9-12(13)15(14-11)7-8-16/h9-10,16H,3-8,13H2,1-2H3. The first-order valence-electron chi connectivity index (χ1n) is 6.17. The highest BCUT2D eigenvalue weighted by atomic mass is 16.3. The van der Waals surface area contributed by atoms with Gasteiger partial charge in [0.25, 0.3) is 0 Å². The van der Waals surface area contributed by atoms with Crippen molar-refractivity contribution in [1.29, 1.82) is 0 Å². The van der Waals surface area contributed by atoms with E-state index >= 15 is 0 Å². The van der Waals surface area contributed by atoms with E-state index in [1.165, 1.54) is 0 Å². The van der Waals surface area contributed by atoms with Gasteiger partial charge in [-0.1, -0.05) is 26.7 Å². The van der Waals surface area contributed by atoms with Crippen molar-refractivity contribution in [2.24, 2.45) is 0 Å². The number of rotatable bonds is 7. The van der Waals surface area contributed by atoms with Crippen LogP contribution in [0.4, 0.5) is 5.82 Å². The van der Waals surface area contributed by atoms with Crippen LogP contribution in [-0.2, 0) is 6.54 Å². The van der Waals surface area contributed by atoms with E-state index in [1.807, 2.05) is 6.07 Å². The second-order valence-electron chi connectivity index (χ2n) is 4.22. The van der Waals surface area contributed by atoms with Crippen molar-refractivity contribution in [3.05, 3.63) is 11.8 Å². The smallest absolute Gasteiger partial charge is 0.122 e. The average Bonchev–Trinajstić information content (AvgIpc) is 2.61. The van der Waals surface area contributed by atoms with Crippen LogP contribution < -0.4 is 5.73 Å². The molecular formula is C12H23N3O. The molecule has 3 N–H and O–H groups in total. The van der Waals surface area contributed by atoms with Gasteiger partial charge in [0.1, 0.15) is 5.82 Å². The van der Waals surface area contributed by atoms with Crippen molar-refractivity contribution in [1.82, 2.24) is 9.78 Å². The number of anilines is 1. The van der Waals surface area contributed by atoms with Gasteiger partial charge in [-0.25, -0.2) is 4.68 Å². The van der Waals surface area contributed by atoms with Crippen LogP contribution in [-0.4, -0.2) is 21.5 Å². The summed E-state index contributed by atoms with van der Waals surface area (Å²) in [6.45, 7) is 4.95. The number of aliphatic hydroxyl groups is 1. The van der Waals surface area contributed by atoms with Gasteiger partial charge in [-0.3, -0.25) is 0 Å². The lowest BCUT2D eigenvalue weighted by Crippen LogP contribution is -2.08. The van der Waals surface area contributed by atoms with Crippen molar-refractivity contribution in [2.75, 3.05) is 12.3 Å². The van der Waals surface area contributed by atoms with Crippen LogP contribution in [0.5, 0.6) is 0 Å². The third-order valence-corrected chi connectivity index (χ3v) is 2.83. The largest absolute Gasteiger partial charge is 0.394 e. The first-order valence-corrected chi connectivity index (χ1v) is 6.17. The molecule has 0 fully saturated rings. The van der Waals surface area contributed by atoms with E-state index in [4.69, 9.17) is 10.8 Å². The summed E-state index contributed by atoms with van der Waals surface area (Å²) in [5, 5.41) is 13.4. The Labute approximate surface area is 97.5 Å². The monoisotopic (exact) mass is 225 g/mol. The van der Waals surface area contributed by atoms with Gasteiger partial charge in [-0.15, -0.1) is 0 Å².